The Morgan fingerprint density at radius 3 is 0.887 bits per heavy atom. The second-order valence-electron chi connectivity index (χ2n) is 18.4. The number of ether oxygens (including phenoxy) is 3. The number of hydrogen-bond acceptors (Lipinski definition) is 6. The molecule has 0 aliphatic rings. The number of esters is 3. The van der Waals surface area contributed by atoms with Gasteiger partial charge in [-0.1, -0.05) is 238 Å². The van der Waals surface area contributed by atoms with Crippen LogP contribution in [0.4, 0.5) is 0 Å². The van der Waals surface area contributed by atoms with Crippen molar-refractivity contribution in [2.45, 2.75) is 245 Å². The first-order valence-corrected chi connectivity index (χ1v) is 28.7. The van der Waals surface area contributed by atoms with Crippen molar-refractivity contribution in [3.05, 3.63) is 134 Å². The number of hydrogen-bond donors (Lipinski definition) is 0. The maximum Gasteiger partial charge on any atom is 0.306 e. The fourth-order valence-electron chi connectivity index (χ4n) is 7.41. The van der Waals surface area contributed by atoms with E-state index in [9.17, 15) is 14.4 Å². The van der Waals surface area contributed by atoms with Crippen LogP contribution in [0.1, 0.15) is 239 Å². The Morgan fingerprint density at radius 2 is 0.549 bits per heavy atom. The van der Waals surface area contributed by atoms with Gasteiger partial charge in [-0.25, -0.2) is 0 Å². The van der Waals surface area contributed by atoms with Gasteiger partial charge in [0.15, 0.2) is 6.10 Å². The molecule has 0 bridgehead atoms. The van der Waals surface area contributed by atoms with Crippen LogP contribution in [0.25, 0.3) is 0 Å². The Bertz CT molecular complexity index is 1550. The Morgan fingerprint density at radius 1 is 0.296 bits per heavy atom. The van der Waals surface area contributed by atoms with Crippen LogP contribution in [-0.2, 0) is 28.6 Å². The van der Waals surface area contributed by atoms with E-state index in [1.165, 1.54) is 51.4 Å². The predicted molar refractivity (Wildman–Crippen MR) is 306 cm³/mol. The van der Waals surface area contributed by atoms with Crippen molar-refractivity contribution >= 4 is 17.9 Å². The molecule has 0 saturated carbocycles. The fourth-order valence-corrected chi connectivity index (χ4v) is 7.41. The molecule has 0 heterocycles. The van der Waals surface area contributed by atoms with E-state index in [-0.39, 0.29) is 37.5 Å². The molecule has 0 aromatic rings. The van der Waals surface area contributed by atoms with Crippen LogP contribution in [0.2, 0.25) is 0 Å². The van der Waals surface area contributed by atoms with E-state index in [0.717, 1.165) is 141 Å². The normalized spacial score (nSPS) is 13.1. The molecule has 0 aromatic carbocycles. The van der Waals surface area contributed by atoms with E-state index < -0.39 is 6.10 Å². The first-order chi connectivity index (χ1) is 35.0. The second kappa shape index (κ2) is 58.1. The van der Waals surface area contributed by atoms with Gasteiger partial charge in [0.1, 0.15) is 13.2 Å². The highest BCUT2D eigenvalue weighted by Gasteiger charge is 2.19. The standard InChI is InChI=1S/C65H104O6/c1-4-7-10-13-16-19-22-24-26-27-28-29-30-31-32-33-34-35-36-37-39-40-43-46-49-52-55-58-64(67)70-61-62(60-69-63(66)57-54-51-48-45-42-21-18-15-12-9-6-3)71-65(68)59-56-53-50-47-44-41-38-25-23-20-17-14-11-8-5-2/h7-8,10-11,16-17,19-20,24-26,28-29,31-32,34-35,37-39,44,47,62H,4-6,9,12-15,18,21-23,27,30,33,36,40-43,45-46,48-61H2,1-3H3/b10-7-,11-8-,19-16-,20-17-,26-24-,29-28-,32-31-,35-34-,38-25-,39-37-,47-44-. The molecule has 400 valence electrons. The van der Waals surface area contributed by atoms with Gasteiger partial charge in [-0.2, -0.15) is 0 Å². The van der Waals surface area contributed by atoms with Gasteiger partial charge in [0, 0.05) is 19.3 Å². The van der Waals surface area contributed by atoms with Crippen LogP contribution in [0.3, 0.4) is 0 Å². The van der Waals surface area contributed by atoms with E-state index in [1.54, 1.807) is 0 Å². The lowest BCUT2D eigenvalue weighted by Gasteiger charge is -2.18. The number of carbonyl (C=O) groups excluding carboxylic acids is 3. The second-order valence-corrected chi connectivity index (χ2v) is 18.4. The zero-order valence-corrected chi connectivity index (χ0v) is 45.7. The summed E-state index contributed by atoms with van der Waals surface area (Å²) < 4.78 is 16.8. The highest BCUT2D eigenvalue weighted by Crippen LogP contribution is 2.14. The SMILES string of the molecule is CC/C=C\C/C=C\C/C=C\C/C=C\C/C=C\C/C=C\C/C=C\CCCCCCCC(=O)OCC(COC(=O)CCCCCCCCCCCCC)OC(=O)CCCC/C=C\C/C=C\C/C=C\C/C=C\CC. The molecule has 0 amide bonds. The average Bonchev–Trinajstić information content (AvgIpc) is 3.37. The van der Waals surface area contributed by atoms with Gasteiger partial charge in [-0.15, -0.1) is 0 Å². The Hall–Kier alpha value is -4.45. The Balaban J connectivity index is 4.40. The predicted octanol–water partition coefficient (Wildman–Crippen LogP) is 19.4. The summed E-state index contributed by atoms with van der Waals surface area (Å²) in [6.07, 6.45) is 81.6. The monoisotopic (exact) mass is 981 g/mol. The van der Waals surface area contributed by atoms with E-state index in [2.05, 4.69) is 154 Å². The molecule has 6 nitrogen and oxygen atoms in total. The van der Waals surface area contributed by atoms with Crippen molar-refractivity contribution in [1.82, 2.24) is 0 Å². The number of unbranched alkanes of at least 4 members (excludes halogenated alkanes) is 17. The molecule has 0 aliphatic carbocycles. The highest BCUT2D eigenvalue weighted by atomic mass is 16.6. The minimum absolute atomic E-state index is 0.103. The van der Waals surface area contributed by atoms with Gasteiger partial charge in [0.05, 0.1) is 0 Å². The summed E-state index contributed by atoms with van der Waals surface area (Å²) in [5.74, 6) is -0.971. The molecule has 0 N–H and O–H groups in total. The summed E-state index contributed by atoms with van der Waals surface area (Å²) in [6, 6.07) is 0. The zero-order valence-electron chi connectivity index (χ0n) is 45.7. The molecule has 0 aliphatic heterocycles. The average molecular weight is 982 g/mol. The molecule has 0 aromatic heterocycles. The van der Waals surface area contributed by atoms with Gasteiger partial charge in [0.25, 0.3) is 0 Å². The van der Waals surface area contributed by atoms with Crippen molar-refractivity contribution in [3.8, 4) is 0 Å². The van der Waals surface area contributed by atoms with Crippen LogP contribution in [0, 0.1) is 0 Å². The molecule has 0 spiro atoms. The maximum atomic E-state index is 12.8. The van der Waals surface area contributed by atoms with Crippen LogP contribution < -0.4 is 0 Å². The largest absolute Gasteiger partial charge is 0.462 e. The van der Waals surface area contributed by atoms with Crippen molar-refractivity contribution < 1.29 is 28.6 Å². The Kier molecular flexibility index (Phi) is 54.5. The van der Waals surface area contributed by atoms with Gasteiger partial charge >= 0.3 is 17.9 Å². The number of rotatable bonds is 50. The van der Waals surface area contributed by atoms with Crippen LogP contribution in [0.15, 0.2) is 134 Å². The topological polar surface area (TPSA) is 78.9 Å². The van der Waals surface area contributed by atoms with Gasteiger partial charge in [-0.05, 0) is 116 Å². The fraction of sp³-hybridized carbons (Fsp3) is 0.615. The molecule has 1 atom stereocenters. The third kappa shape index (κ3) is 56.3. The Labute approximate surface area is 436 Å². The quantitative estimate of drug-likeness (QED) is 0.0262. The van der Waals surface area contributed by atoms with Crippen molar-refractivity contribution in [1.29, 1.82) is 0 Å². The molecule has 0 saturated heterocycles. The summed E-state index contributed by atoms with van der Waals surface area (Å²) in [4.78, 5) is 38.1. The summed E-state index contributed by atoms with van der Waals surface area (Å²) in [5, 5.41) is 0. The summed E-state index contributed by atoms with van der Waals surface area (Å²) in [6.45, 7) is 6.34. The maximum absolute atomic E-state index is 12.8. The van der Waals surface area contributed by atoms with Crippen molar-refractivity contribution in [2.24, 2.45) is 0 Å². The van der Waals surface area contributed by atoms with E-state index in [1.807, 2.05) is 0 Å². The van der Waals surface area contributed by atoms with E-state index >= 15 is 0 Å². The molecule has 1 unspecified atom stereocenters. The lowest BCUT2D eigenvalue weighted by atomic mass is 10.1. The first kappa shape index (κ1) is 66.6. The summed E-state index contributed by atoms with van der Waals surface area (Å²) in [7, 11) is 0. The van der Waals surface area contributed by atoms with Crippen molar-refractivity contribution in [3.63, 3.8) is 0 Å². The van der Waals surface area contributed by atoms with E-state index in [4.69, 9.17) is 14.2 Å². The van der Waals surface area contributed by atoms with Crippen LogP contribution >= 0.6 is 0 Å². The smallest absolute Gasteiger partial charge is 0.306 e. The highest BCUT2D eigenvalue weighted by molar-refractivity contribution is 5.71. The van der Waals surface area contributed by atoms with Crippen LogP contribution in [-0.4, -0.2) is 37.2 Å². The molecule has 6 heteroatoms. The molecule has 0 rings (SSSR count). The van der Waals surface area contributed by atoms with Gasteiger partial charge in [0.2, 0.25) is 0 Å². The van der Waals surface area contributed by atoms with Gasteiger partial charge in [-0.3, -0.25) is 14.4 Å². The van der Waals surface area contributed by atoms with Gasteiger partial charge < -0.3 is 14.2 Å². The molecule has 71 heavy (non-hydrogen) atoms. The lowest BCUT2D eigenvalue weighted by molar-refractivity contribution is -0.167. The molecular formula is C65H104O6. The molecule has 0 fully saturated rings. The number of allylic oxidation sites excluding steroid dienone is 22. The molecule has 0 radical (unpaired) electrons. The van der Waals surface area contributed by atoms with Crippen molar-refractivity contribution in [2.75, 3.05) is 13.2 Å². The summed E-state index contributed by atoms with van der Waals surface area (Å²) >= 11 is 0. The summed E-state index contributed by atoms with van der Waals surface area (Å²) in [5.41, 5.74) is 0. The minimum Gasteiger partial charge on any atom is -0.462 e. The first-order valence-electron chi connectivity index (χ1n) is 28.7. The zero-order chi connectivity index (χ0) is 51.4. The third-order valence-electron chi connectivity index (χ3n) is 11.7. The van der Waals surface area contributed by atoms with E-state index in [0.29, 0.717) is 19.3 Å². The lowest BCUT2D eigenvalue weighted by Crippen LogP contribution is -2.30. The molecular weight excluding hydrogens is 877 g/mol. The third-order valence-corrected chi connectivity index (χ3v) is 11.7. The van der Waals surface area contributed by atoms with Crippen LogP contribution in [0.5, 0.6) is 0 Å². The minimum atomic E-state index is -0.811. The number of carbonyl (C=O) groups is 3.